The highest BCUT2D eigenvalue weighted by Gasteiger charge is 2.33. The van der Waals surface area contributed by atoms with E-state index in [-0.39, 0.29) is 0 Å². The summed E-state index contributed by atoms with van der Waals surface area (Å²) >= 11 is 5.90. The molecule has 0 N–H and O–H groups in total. The Kier molecular flexibility index (Phi) is 2.64. The lowest BCUT2D eigenvalue weighted by Gasteiger charge is -2.39. The van der Waals surface area contributed by atoms with Gasteiger partial charge in [-0.15, -0.1) is 11.6 Å². The summed E-state index contributed by atoms with van der Waals surface area (Å²) in [5.74, 6) is 1.28. The standard InChI is InChI=1S/C10H17Cl/c1-8-5-4-6-10(2,3)9(8)7-11/h9H,1,4-7H2,2-3H3/t9-/m1/s1. The Morgan fingerprint density at radius 2 is 2.27 bits per heavy atom. The summed E-state index contributed by atoms with van der Waals surface area (Å²) < 4.78 is 0. The van der Waals surface area contributed by atoms with Crippen molar-refractivity contribution >= 4 is 11.6 Å². The second kappa shape index (κ2) is 3.18. The first-order chi connectivity index (χ1) is 5.08. The summed E-state index contributed by atoms with van der Waals surface area (Å²) in [6, 6.07) is 0. The number of alkyl halides is 1. The van der Waals surface area contributed by atoms with Crippen LogP contribution in [0, 0.1) is 11.3 Å². The lowest BCUT2D eigenvalue weighted by molar-refractivity contribution is 0.208. The molecule has 0 aromatic heterocycles. The molecule has 1 saturated carbocycles. The molecular weight excluding hydrogens is 156 g/mol. The highest BCUT2D eigenvalue weighted by molar-refractivity contribution is 6.18. The molecule has 1 rings (SSSR count). The maximum atomic E-state index is 5.90. The Hall–Kier alpha value is 0.0300. The van der Waals surface area contributed by atoms with Crippen LogP contribution < -0.4 is 0 Å². The van der Waals surface area contributed by atoms with E-state index in [1.807, 2.05) is 0 Å². The highest BCUT2D eigenvalue weighted by Crippen LogP contribution is 2.43. The van der Waals surface area contributed by atoms with Gasteiger partial charge in [0.1, 0.15) is 0 Å². The first-order valence-electron chi connectivity index (χ1n) is 4.31. The summed E-state index contributed by atoms with van der Waals surface area (Å²) in [5, 5.41) is 0. The van der Waals surface area contributed by atoms with Gasteiger partial charge < -0.3 is 0 Å². The molecule has 0 nitrogen and oxygen atoms in total. The lowest BCUT2D eigenvalue weighted by Crippen LogP contribution is -2.30. The van der Waals surface area contributed by atoms with Crippen LogP contribution in [-0.4, -0.2) is 5.88 Å². The first kappa shape index (κ1) is 9.12. The van der Waals surface area contributed by atoms with Crippen molar-refractivity contribution in [1.82, 2.24) is 0 Å². The van der Waals surface area contributed by atoms with Crippen molar-refractivity contribution in [1.29, 1.82) is 0 Å². The van der Waals surface area contributed by atoms with Gasteiger partial charge in [0.15, 0.2) is 0 Å². The normalized spacial score (nSPS) is 30.5. The maximum absolute atomic E-state index is 5.90. The fourth-order valence-corrected chi connectivity index (χ4v) is 2.63. The monoisotopic (exact) mass is 172 g/mol. The van der Waals surface area contributed by atoms with Gasteiger partial charge in [0.25, 0.3) is 0 Å². The summed E-state index contributed by atoms with van der Waals surface area (Å²) in [7, 11) is 0. The van der Waals surface area contributed by atoms with Crippen LogP contribution in [-0.2, 0) is 0 Å². The average molecular weight is 173 g/mol. The molecule has 0 amide bonds. The Labute approximate surface area is 74.6 Å². The zero-order valence-corrected chi connectivity index (χ0v) is 8.25. The van der Waals surface area contributed by atoms with Gasteiger partial charge in [-0.3, -0.25) is 0 Å². The molecule has 0 aromatic rings. The Morgan fingerprint density at radius 1 is 1.64 bits per heavy atom. The van der Waals surface area contributed by atoms with Crippen LogP contribution in [0.2, 0.25) is 0 Å². The fourth-order valence-electron chi connectivity index (χ4n) is 1.99. The first-order valence-corrected chi connectivity index (χ1v) is 4.85. The summed E-state index contributed by atoms with van der Waals surface area (Å²) in [4.78, 5) is 0. The zero-order valence-electron chi connectivity index (χ0n) is 7.49. The second-order valence-corrected chi connectivity index (χ2v) is 4.52. The van der Waals surface area contributed by atoms with Gasteiger partial charge in [0.2, 0.25) is 0 Å². The van der Waals surface area contributed by atoms with Crippen LogP contribution >= 0.6 is 11.6 Å². The van der Waals surface area contributed by atoms with Crippen molar-refractivity contribution in [2.24, 2.45) is 11.3 Å². The lowest BCUT2D eigenvalue weighted by atomic mass is 9.68. The molecule has 0 heterocycles. The minimum atomic E-state index is 0.386. The third-order valence-electron chi connectivity index (χ3n) is 2.91. The molecule has 0 aliphatic heterocycles. The molecule has 64 valence electrons. The smallest absolute Gasteiger partial charge is 0.0294 e. The van der Waals surface area contributed by atoms with Gasteiger partial charge in [-0.1, -0.05) is 26.0 Å². The van der Waals surface area contributed by atoms with E-state index < -0.39 is 0 Å². The van der Waals surface area contributed by atoms with Gasteiger partial charge in [-0.2, -0.15) is 0 Å². The van der Waals surface area contributed by atoms with Crippen LogP contribution in [0.4, 0.5) is 0 Å². The van der Waals surface area contributed by atoms with E-state index in [2.05, 4.69) is 20.4 Å². The van der Waals surface area contributed by atoms with Crippen LogP contribution in [0.3, 0.4) is 0 Å². The molecule has 11 heavy (non-hydrogen) atoms. The number of halogens is 1. The van der Waals surface area contributed by atoms with E-state index in [9.17, 15) is 0 Å². The molecule has 1 atom stereocenters. The van der Waals surface area contributed by atoms with Crippen LogP contribution in [0.25, 0.3) is 0 Å². The molecule has 0 bridgehead atoms. The van der Waals surface area contributed by atoms with Gasteiger partial charge in [-0.25, -0.2) is 0 Å². The largest absolute Gasteiger partial charge is 0.126 e. The van der Waals surface area contributed by atoms with Gasteiger partial charge >= 0.3 is 0 Å². The van der Waals surface area contributed by atoms with E-state index in [0.717, 1.165) is 5.88 Å². The van der Waals surface area contributed by atoms with Crippen molar-refractivity contribution < 1.29 is 0 Å². The Balaban J connectivity index is 2.72. The molecule has 1 aliphatic carbocycles. The van der Waals surface area contributed by atoms with Gasteiger partial charge in [-0.05, 0) is 30.6 Å². The number of hydrogen-bond acceptors (Lipinski definition) is 0. The van der Waals surface area contributed by atoms with Gasteiger partial charge in [0.05, 0.1) is 0 Å². The number of hydrogen-bond donors (Lipinski definition) is 0. The van der Waals surface area contributed by atoms with Gasteiger partial charge in [0, 0.05) is 5.88 Å². The molecular formula is C10H17Cl. The summed E-state index contributed by atoms with van der Waals surface area (Å²) in [6.45, 7) is 8.67. The maximum Gasteiger partial charge on any atom is 0.0294 e. The zero-order chi connectivity index (χ0) is 8.48. The van der Waals surface area contributed by atoms with Crippen molar-refractivity contribution in [3.63, 3.8) is 0 Å². The van der Waals surface area contributed by atoms with Crippen LogP contribution in [0.5, 0.6) is 0 Å². The molecule has 0 saturated heterocycles. The topological polar surface area (TPSA) is 0 Å². The number of allylic oxidation sites excluding steroid dienone is 1. The quantitative estimate of drug-likeness (QED) is 0.419. The summed E-state index contributed by atoms with van der Waals surface area (Å²) in [6.07, 6.45) is 3.77. The van der Waals surface area contributed by atoms with E-state index in [4.69, 9.17) is 11.6 Å². The van der Waals surface area contributed by atoms with Crippen molar-refractivity contribution in [3.05, 3.63) is 12.2 Å². The molecule has 0 aromatic carbocycles. The second-order valence-electron chi connectivity index (χ2n) is 4.21. The molecule has 0 spiro atoms. The minimum absolute atomic E-state index is 0.386. The SMILES string of the molecule is C=C1CCCC(C)(C)[C@@H]1CCl. The highest BCUT2D eigenvalue weighted by atomic mass is 35.5. The predicted molar refractivity (Wildman–Crippen MR) is 51.0 cm³/mol. The van der Waals surface area contributed by atoms with Crippen LogP contribution in [0.1, 0.15) is 33.1 Å². The number of rotatable bonds is 1. The molecule has 1 aliphatic rings. The Morgan fingerprint density at radius 3 is 2.64 bits per heavy atom. The molecule has 1 fully saturated rings. The van der Waals surface area contributed by atoms with Crippen molar-refractivity contribution in [3.8, 4) is 0 Å². The van der Waals surface area contributed by atoms with E-state index in [1.54, 1.807) is 0 Å². The van der Waals surface area contributed by atoms with Crippen molar-refractivity contribution in [2.45, 2.75) is 33.1 Å². The molecule has 0 unspecified atom stereocenters. The molecule has 0 radical (unpaired) electrons. The van der Waals surface area contributed by atoms with Crippen molar-refractivity contribution in [2.75, 3.05) is 5.88 Å². The summed E-state index contributed by atoms with van der Waals surface area (Å²) in [5.41, 5.74) is 1.74. The fraction of sp³-hybridized carbons (Fsp3) is 0.800. The third-order valence-corrected chi connectivity index (χ3v) is 3.22. The predicted octanol–water partition coefficient (Wildman–Crippen LogP) is 3.61. The Bertz CT molecular complexity index is 158. The minimum Gasteiger partial charge on any atom is -0.126 e. The third kappa shape index (κ3) is 1.79. The molecule has 1 heteroatoms. The van der Waals surface area contributed by atoms with E-state index in [0.29, 0.717) is 11.3 Å². The van der Waals surface area contributed by atoms with Crippen LogP contribution in [0.15, 0.2) is 12.2 Å². The van der Waals surface area contributed by atoms with E-state index in [1.165, 1.54) is 24.8 Å². The van der Waals surface area contributed by atoms with E-state index >= 15 is 0 Å². The average Bonchev–Trinajstić information content (AvgIpc) is 1.86.